The van der Waals surface area contributed by atoms with Crippen LogP contribution in [0.2, 0.25) is 0 Å². The maximum absolute atomic E-state index is 12.9. The van der Waals surface area contributed by atoms with Gasteiger partial charge in [0.05, 0.1) is 22.6 Å². The van der Waals surface area contributed by atoms with E-state index in [9.17, 15) is 14.4 Å². The van der Waals surface area contributed by atoms with Crippen molar-refractivity contribution in [1.29, 1.82) is 0 Å². The Morgan fingerprint density at radius 1 is 1.32 bits per heavy atom. The van der Waals surface area contributed by atoms with Crippen molar-refractivity contribution in [1.82, 2.24) is 0 Å². The Bertz CT molecular complexity index is 753. The fourth-order valence-corrected chi connectivity index (χ4v) is 4.33. The van der Waals surface area contributed by atoms with E-state index < -0.39 is 11.4 Å². The second-order valence-corrected chi connectivity index (χ2v) is 6.49. The molecule has 0 radical (unpaired) electrons. The number of amides is 2. The third-order valence-electron chi connectivity index (χ3n) is 5.46. The van der Waals surface area contributed by atoms with Crippen molar-refractivity contribution in [3.8, 4) is 0 Å². The predicted molar refractivity (Wildman–Crippen MR) is 78.2 cm³/mol. The maximum atomic E-state index is 12.9. The number of carboxylic acids is 1. The van der Waals surface area contributed by atoms with E-state index in [1.807, 2.05) is 19.1 Å². The van der Waals surface area contributed by atoms with Gasteiger partial charge in [0.2, 0.25) is 11.8 Å². The van der Waals surface area contributed by atoms with Crippen molar-refractivity contribution in [3.63, 3.8) is 0 Å². The van der Waals surface area contributed by atoms with E-state index >= 15 is 0 Å². The Balaban J connectivity index is 1.79. The molecule has 0 unspecified atom stereocenters. The van der Waals surface area contributed by atoms with E-state index in [2.05, 4.69) is 0 Å². The first-order valence-electron chi connectivity index (χ1n) is 7.34. The zero-order valence-electron chi connectivity index (χ0n) is 12.0. The van der Waals surface area contributed by atoms with Crippen LogP contribution < -0.4 is 4.90 Å². The molecule has 1 aliphatic heterocycles. The third kappa shape index (κ3) is 1.41. The molecule has 0 aromatic heterocycles. The van der Waals surface area contributed by atoms with Gasteiger partial charge in [0.1, 0.15) is 0 Å². The quantitative estimate of drug-likeness (QED) is 0.670. The van der Waals surface area contributed by atoms with Crippen LogP contribution in [-0.4, -0.2) is 22.9 Å². The number of hydrogen-bond acceptors (Lipinski definition) is 3. The number of carbonyl (C=O) groups is 3. The van der Waals surface area contributed by atoms with Crippen LogP contribution in [0, 0.1) is 23.2 Å². The molecule has 1 N–H and O–H groups in total. The van der Waals surface area contributed by atoms with Crippen molar-refractivity contribution < 1.29 is 19.5 Å². The maximum Gasteiger partial charge on any atom is 0.335 e. The molecular formula is C17H15NO4. The van der Waals surface area contributed by atoms with Crippen molar-refractivity contribution >= 4 is 23.5 Å². The lowest BCUT2D eigenvalue weighted by molar-refractivity contribution is -0.127. The predicted octanol–water partition coefficient (Wildman–Crippen LogP) is 2.09. The standard InChI is InChI=1S/C17H15NO4/c1-17-11-6-5-9(7-11)13(17)14(19)18(16(17)22)12-4-2-3-10(8-12)15(20)21/h2-6,8-9,11,13H,7H2,1H3,(H,20,21)/t9-,11-,13-,17+/m1/s1. The molecule has 0 spiro atoms. The molecule has 4 rings (SSSR count). The van der Waals surface area contributed by atoms with Crippen LogP contribution in [0.25, 0.3) is 0 Å². The molecular weight excluding hydrogens is 282 g/mol. The molecule has 1 saturated carbocycles. The van der Waals surface area contributed by atoms with E-state index in [1.165, 1.54) is 17.0 Å². The van der Waals surface area contributed by atoms with Gasteiger partial charge in [-0.15, -0.1) is 0 Å². The normalized spacial score (nSPS) is 35.3. The van der Waals surface area contributed by atoms with Gasteiger partial charge >= 0.3 is 5.97 Å². The summed E-state index contributed by atoms with van der Waals surface area (Å²) >= 11 is 0. The Morgan fingerprint density at radius 2 is 2.09 bits per heavy atom. The molecule has 2 fully saturated rings. The van der Waals surface area contributed by atoms with Gasteiger partial charge in [0.25, 0.3) is 0 Å². The van der Waals surface area contributed by atoms with Crippen LogP contribution in [0.4, 0.5) is 5.69 Å². The van der Waals surface area contributed by atoms with Gasteiger partial charge in [0, 0.05) is 0 Å². The van der Waals surface area contributed by atoms with Gasteiger partial charge in [0.15, 0.2) is 0 Å². The number of nitrogens with zero attached hydrogens (tertiary/aromatic N) is 1. The second kappa shape index (κ2) is 4.06. The van der Waals surface area contributed by atoms with Gasteiger partial charge < -0.3 is 5.11 Å². The summed E-state index contributed by atoms with van der Waals surface area (Å²) in [7, 11) is 0. The van der Waals surface area contributed by atoms with Gasteiger partial charge in [-0.1, -0.05) is 18.2 Å². The van der Waals surface area contributed by atoms with Crippen LogP contribution in [0.15, 0.2) is 36.4 Å². The molecule has 2 amide bonds. The summed E-state index contributed by atoms with van der Waals surface area (Å²) in [6, 6.07) is 6.01. The van der Waals surface area contributed by atoms with E-state index in [0.717, 1.165) is 6.42 Å². The number of allylic oxidation sites excluding steroid dienone is 2. The van der Waals surface area contributed by atoms with E-state index in [1.54, 1.807) is 12.1 Å². The SMILES string of the molecule is C[C@@]12C(=O)N(c3cccc(C(=O)O)c3)C(=O)[C@H]1[C@@H]1C=C[C@@H]2C1. The highest BCUT2D eigenvalue weighted by Gasteiger charge is 2.67. The summed E-state index contributed by atoms with van der Waals surface area (Å²) in [5.74, 6) is -1.57. The van der Waals surface area contributed by atoms with Crippen molar-refractivity contribution in [2.75, 3.05) is 4.90 Å². The summed E-state index contributed by atoms with van der Waals surface area (Å²) in [5.41, 5.74) is -0.262. The molecule has 1 heterocycles. The molecule has 5 nitrogen and oxygen atoms in total. The molecule has 5 heteroatoms. The number of carboxylic acid groups (broad SMARTS) is 1. The number of rotatable bonds is 2. The average Bonchev–Trinajstić information content (AvgIpc) is 3.12. The summed E-state index contributed by atoms with van der Waals surface area (Å²) in [5, 5.41) is 9.09. The molecule has 22 heavy (non-hydrogen) atoms. The van der Waals surface area contributed by atoms with Crippen molar-refractivity contribution in [2.24, 2.45) is 23.2 Å². The summed E-state index contributed by atoms with van der Waals surface area (Å²) < 4.78 is 0. The highest BCUT2D eigenvalue weighted by Crippen LogP contribution is 2.60. The Morgan fingerprint density at radius 3 is 2.77 bits per heavy atom. The van der Waals surface area contributed by atoms with Gasteiger partial charge in [-0.3, -0.25) is 9.59 Å². The zero-order chi connectivity index (χ0) is 15.6. The number of anilines is 1. The minimum absolute atomic E-state index is 0.0707. The minimum Gasteiger partial charge on any atom is -0.478 e. The molecule has 3 aliphatic rings. The van der Waals surface area contributed by atoms with Crippen LogP contribution in [0.3, 0.4) is 0 Å². The Labute approximate surface area is 127 Å². The van der Waals surface area contributed by atoms with Crippen LogP contribution in [0.5, 0.6) is 0 Å². The lowest BCUT2D eigenvalue weighted by Crippen LogP contribution is -2.37. The first-order chi connectivity index (χ1) is 10.4. The second-order valence-electron chi connectivity index (χ2n) is 6.49. The smallest absolute Gasteiger partial charge is 0.335 e. The fraction of sp³-hybridized carbons (Fsp3) is 0.353. The zero-order valence-corrected chi connectivity index (χ0v) is 12.0. The molecule has 4 atom stereocenters. The largest absolute Gasteiger partial charge is 0.478 e. The molecule has 1 aromatic rings. The number of imide groups is 1. The van der Waals surface area contributed by atoms with Gasteiger partial charge in [-0.2, -0.15) is 0 Å². The summed E-state index contributed by atoms with van der Waals surface area (Å²) in [6.45, 7) is 1.87. The number of benzene rings is 1. The highest BCUT2D eigenvalue weighted by molar-refractivity contribution is 6.24. The minimum atomic E-state index is -1.07. The lowest BCUT2D eigenvalue weighted by atomic mass is 9.71. The van der Waals surface area contributed by atoms with Gasteiger partial charge in [-0.05, 0) is 43.4 Å². The molecule has 1 aromatic carbocycles. The van der Waals surface area contributed by atoms with E-state index in [4.69, 9.17) is 5.11 Å². The average molecular weight is 297 g/mol. The van der Waals surface area contributed by atoms with Crippen LogP contribution in [0.1, 0.15) is 23.7 Å². The van der Waals surface area contributed by atoms with Crippen molar-refractivity contribution in [2.45, 2.75) is 13.3 Å². The van der Waals surface area contributed by atoms with Crippen molar-refractivity contribution in [3.05, 3.63) is 42.0 Å². The molecule has 112 valence electrons. The number of carbonyl (C=O) groups excluding carboxylic acids is 2. The summed E-state index contributed by atoms with van der Waals surface area (Å²) in [6.07, 6.45) is 4.95. The number of aromatic carboxylic acids is 1. The summed E-state index contributed by atoms with van der Waals surface area (Å²) in [4.78, 5) is 38.0. The van der Waals surface area contributed by atoms with Crippen LogP contribution in [-0.2, 0) is 9.59 Å². The fourth-order valence-electron chi connectivity index (χ4n) is 4.33. The number of fused-ring (bicyclic) bond motifs is 5. The Hall–Kier alpha value is -2.43. The molecule has 2 bridgehead atoms. The monoisotopic (exact) mass is 297 g/mol. The lowest BCUT2D eigenvalue weighted by Gasteiger charge is -2.28. The van der Waals surface area contributed by atoms with E-state index in [-0.39, 0.29) is 35.1 Å². The van der Waals surface area contributed by atoms with Crippen LogP contribution >= 0.6 is 0 Å². The molecule has 2 aliphatic carbocycles. The first-order valence-corrected chi connectivity index (χ1v) is 7.34. The van der Waals surface area contributed by atoms with E-state index in [0.29, 0.717) is 5.69 Å². The first kappa shape index (κ1) is 13.2. The number of hydrogen-bond donors (Lipinski definition) is 1. The topological polar surface area (TPSA) is 74.7 Å². The highest BCUT2D eigenvalue weighted by atomic mass is 16.4. The van der Waals surface area contributed by atoms with Gasteiger partial charge in [-0.25, -0.2) is 9.69 Å². The Kier molecular flexibility index (Phi) is 2.45. The molecule has 1 saturated heterocycles. The third-order valence-corrected chi connectivity index (χ3v) is 5.46.